The molecule has 4 nitrogen and oxygen atoms in total. The van der Waals surface area contributed by atoms with E-state index in [0.29, 0.717) is 0 Å². The Morgan fingerprint density at radius 1 is 1.24 bits per heavy atom. The van der Waals surface area contributed by atoms with Crippen LogP contribution in [0.4, 0.5) is 10.5 Å². The van der Waals surface area contributed by atoms with Crippen molar-refractivity contribution in [2.24, 2.45) is 0 Å². The Hall–Kier alpha value is -2.27. The number of nitrogens with one attached hydrogen (secondary N) is 2. The Kier molecular flexibility index (Phi) is 4.25. The van der Waals surface area contributed by atoms with Gasteiger partial charge in [0.05, 0.1) is 6.04 Å². The van der Waals surface area contributed by atoms with Crippen LogP contribution in [0, 0.1) is 0 Å². The maximum Gasteiger partial charge on any atom is 0.322 e. The van der Waals surface area contributed by atoms with Crippen molar-refractivity contribution in [3.8, 4) is 0 Å². The lowest BCUT2D eigenvalue weighted by molar-refractivity contribution is 0.179. The zero-order chi connectivity index (χ0) is 17.4. The number of anilines is 1. The number of para-hydroxylation sites is 1. The van der Waals surface area contributed by atoms with Gasteiger partial charge in [0, 0.05) is 33.3 Å². The van der Waals surface area contributed by atoms with Crippen LogP contribution >= 0.6 is 15.9 Å². The number of hydrogen-bond acceptors (Lipinski definition) is 1. The smallest absolute Gasteiger partial charge is 0.322 e. The first-order valence-electron chi connectivity index (χ1n) is 8.60. The van der Waals surface area contributed by atoms with Gasteiger partial charge in [-0.05, 0) is 48.7 Å². The van der Waals surface area contributed by atoms with E-state index in [1.807, 2.05) is 35.2 Å². The second kappa shape index (κ2) is 6.56. The highest BCUT2D eigenvalue weighted by molar-refractivity contribution is 9.10. The molecule has 2 N–H and O–H groups in total. The monoisotopic (exact) mass is 397 g/mol. The molecule has 2 amide bonds. The first-order valence-corrected chi connectivity index (χ1v) is 9.39. The average Bonchev–Trinajstić information content (AvgIpc) is 3.01. The maximum atomic E-state index is 12.8. The van der Waals surface area contributed by atoms with Crippen LogP contribution < -0.4 is 5.32 Å². The molecule has 3 aromatic rings. The molecule has 1 aromatic heterocycles. The molecule has 1 aliphatic rings. The number of H-pyrrole nitrogens is 1. The topological polar surface area (TPSA) is 48.1 Å². The van der Waals surface area contributed by atoms with E-state index in [-0.39, 0.29) is 12.1 Å². The van der Waals surface area contributed by atoms with Gasteiger partial charge in [0.1, 0.15) is 0 Å². The van der Waals surface area contributed by atoms with E-state index < -0.39 is 0 Å². The number of aromatic nitrogens is 1. The van der Waals surface area contributed by atoms with Crippen LogP contribution in [0.2, 0.25) is 0 Å². The van der Waals surface area contributed by atoms with Crippen molar-refractivity contribution >= 4 is 38.6 Å². The van der Waals surface area contributed by atoms with E-state index in [0.717, 1.165) is 35.1 Å². The van der Waals surface area contributed by atoms with Crippen molar-refractivity contribution in [3.05, 3.63) is 64.3 Å². The summed E-state index contributed by atoms with van der Waals surface area (Å²) in [6, 6.07) is 16.1. The van der Waals surface area contributed by atoms with E-state index >= 15 is 0 Å². The summed E-state index contributed by atoms with van der Waals surface area (Å²) < 4.78 is 0.998. The van der Waals surface area contributed by atoms with E-state index in [1.54, 1.807) is 0 Å². The number of carbonyl (C=O) groups excluding carboxylic acids is 1. The van der Waals surface area contributed by atoms with Gasteiger partial charge in [-0.3, -0.25) is 0 Å². The molecule has 1 aliphatic heterocycles. The third-order valence-electron chi connectivity index (χ3n) is 4.90. The van der Waals surface area contributed by atoms with Crippen molar-refractivity contribution in [3.63, 3.8) is 0 Å². The Bertz CT molecular complexity index is 916. The minimum absolute atomic E-state index is 0.0431. The predicted molar refractivity (Wildman–Crippen MR) is 105 cm³/mol. The fourth-order valence-corrected chi connectivity index (χ4v) is 3.98. The van der Waals surface area contributed by atoms with Gasteiger partial charge in [-0.25, -0.2) is 4.79 Å². The first kappa shape index (κ1) is 16.2. The normalized spacial score (nSPS) is 16.7. The molecule has 0 spiro atoms. The fraction of sp³-hybridized carbons (Fsp3) is 0.250. The summed E-state index contributed by atoms with van der Waals surface area (Å²) in [5, 5.41) is 4.30. The third kappa shape index (κ3) is 2.93. The predicted octanol–water partition coefficient (Wildman–Crippen LogP) is 5.47. The number of rotatable bonds is 2. The molecule has 0 saturated carbocycles. The van der Waals surface area contributed by atoms with E-state index in [1.165, 1.54) is 16.6 Å². The molecule has 0 fully saturated rings. The number of amides is 2. The van der Waals surface area contributed by atoms with Gasteiger partial charge in [0.2, 0.25) is 0 Å². The number of benzene rings is 2. The molecule has 2 heterocycles. The average molecular weight is 398 g/mol. The second-order valence-electron chi connectivity index (χ2n) is 6.37. The van der Waals surface area contributed by atoms with Gasteiger partial charge in [-0.1, -0.05) is 41.1 Å². The number of aromatic amines is 1. The molecule has 0 bridgehead atoms. The molecule has 0 saturated heterocycles. The minimum Gasteiger partial charge on any atom is -0.356 e. The zero-order valence-corrected chi connectivity index (χ0v) is 15.6. The Labute approximate surface area is 155 Å². The molecule has 128 valence electrons. The van der Waals surface area contributed by atoms with Crippen LogP contribution in [0.3, 0.4) is 0 Å². The van der Waals surface area contributed by atoms with Gasteiger partial charge in [-0.2, -0.15) is 0 Å². The second-order valence-corrected chi connectivity index (χ2v) is 7.28. The number of halogens is 1. The lowest BCUT2D eigenvalue weighted by atomic mass is 9.96. The highest BCUT2D eigenvalue weighted by atomic mass is 79.9. The highest BCUT2D eigenvalue weighted by Crippen LogP contribution is 2.36. The van der Waals surface area contributed by atoms with Gasteiger partial charge < -0.3 is 15.2 Å². The molecule has 1 atom stereocenters. The van der Waals surface area contributed by atoms with Crippen LogP contribution in [0.1, 0.15) is 30.6 Å². The van der Waals surface area contributed by atoms with Gasteiger partial charge in [0.15, 0.2) is 0 Å². The summed E-state index contributed by atoms with van der Waals surface area (Å²) in [5.41, 5.74) is 4.50. The van der Waals surface area contributed by atoms with E-state index in [4.69, 9.17) is 0 Å². The quantitative estimate of drug-likeness (QED) is 0.591. The summed E-state index contributed by atoms with van der Waals surface area (Å²) in [6.45, 7) is 2.86. The Morgan fingerprint density at radius 2 is 2.00 bits per heavy atom. The highest BCUT2D eigenvalue weighted by Gasteiger charge is 2.32. The van der Waals surface area contributed by atoms with Crippen LogP contribution in [-0.2, 0) is 6.42 Å². The number of nitrogens with zero attached hydrogens (tertiary/aromatic N) is 1. The lowest BCUT2D eigenvalue weighted by Crippen LogP contribution is -2.42. The largest absolute Gasteiger partial charge is 0.356 e. The van der Waals surface area contributed by atoms with E-state index in [9.17, 15) is 4.79 Å². The summed E-state index contributed by atoms with van der Waals surface area (Å²) >= 11 is 3.42. The molecule has 5 heteroatoms. The van der Waals surface area contributed by atoms with Crippen molar-refractivity contribution in [2.45, 2.75) is 25.8 Å². The number of urea groups is 1. The number of carbonyl (C=O) groups is 1. The third-order valence-corrected chi connectivity index (χ3v) is 5.43. The lowest BCUT2D eigenvalue weighted by Gasteiger charge is -2.35. The molecule has 0 aliphatic carbocycles. The van der Waals surface area contributed by atoms with Crippen LogP contribution in [0.15, 0.2) is 53.0 Å². The van der Waals surface area contributed by atoms with Crippen LogP contribution in [0.5, 0.6) is 0 Å². The molecule has 4 rings (SSSR count). The zero-order valence-electron chi connectivity index (χ0n) is 14.1. The van der Waals surface area contributed by atoms with Crippen LogP contribution in [-0.4, -0.2) is 22.5 Å². The van der Waals surface area contributed by atoms with E-state index in [2.05, 4.69) is 51.4 Å². The first-order chi connectivity index (χ1) is 12.2. The summed E-state index contributed by atoms with van der Waals surface area (Å²) in [7, 11) is 0. The Morgan fingerprint density at radius 3 is 2.76 bits per heavy atom. The molecular weight excluding hydrogens is 378 g/mol. The summed E-state index contributed by atoms with van der Waals surface area (Å²) in [6.07, 6.45) is 1.76. The Balaban J connectivity index is 1.62. The maximum absolute atomic E-state index is 12.8. The van der Waals surface area contributed by atoms with Gasteiger partial charge in [0.25, 0.3) is 0 Å². The molecular formula is C20H20BrN3O. The summed E-state index contributed by atoms with van der Waals surface area (Å²) in [4.78, 5) is 18.3. The molecule has 25 heavy (non-hydrogen) atoms. The minimum atomic E-state index is -0.0431. The van der Waals surface area contributed by atoms with Crippen molar-refractivity contribution in [2.75, 3.05) is 11.9 Å². The van der Waals surface area contributed by atoms with Crippen LogP contribution in [0.25, 0.3) is 10.9 Å². The van der Waals surface area contributed by atoms with Crippen molar-refractivity contribution in [1.82, 2.24) is 9.88 Å². The van der Waals surface area contributed by atoms with Crippen molar-refractivity contribution in [1.29, 1.82) is 0 Å². The number of hydrogen-bond donors (Lipinski definition) is 2. The fourth-order valence-electron chi connectivity index (χ4n) is 3.71. The summed E-state index contributed by atoms with van der Waals surface area (Å²) in [5.74, 6) is 0. The SMILES string of the molecule is CCC1c2[nH]c3ccccc3c2CCN1C(=O)Nc1ccc(Br)cc1. The molecule has 2 aromatic carbocycles. The van der Waals surface area contributed by atoms with Crippen molar-refractivity contribution < 1.29 is 4.79 Å². The van der Waals surface area contributed by atoms with Gasteiger partial charge in [-0.15, -0.1) is 0 Å². The standard InChI is InChI=1S/C20H20BrN3O/c1-2-18-19-16(15-5-3-4-6-17(15)23-19)11-12-24(18)20(25)22-14-9-7-13(21)8-10-14/h3-10,18,23H,2,11-12H2,1H3,(H,22,25). The molecule has 1 unspecified atom stereocenters. The molecule has 0 radical (unpaired) electrons. The number of fused-ring (bicyclic) bond motifs is 3. The van der Waals surface area contributed by atoms with Gasteiger partial charge >= 0.3 is 6.03 Å².